The predicted octanol–water partition coefficient (Wildman–Crippen LogP) is 3.61. The largest absolute Gasteiger partial charge is 0.374 e. The van der Waals surface area contributed by atoms with Crippen LogP contribution in [0.15, 0.2) is 54.6 Å². The van der Waals surface area contributed by atoms with Crippen LogP contribution in [0.5, 0.6) is 0 Å². The Morgan fingerprint density at radius 3 is 2.48 bits per heavy atom. The molecule has 144 valence electrons. The molecule has 0 bridgehead atoms. The van der Waals surface area contributed by atoms with Crippen LogP contribution in [0.2, 0.25) is 0 Å². The Hall–Kier alpha value is -2.17. The molecule has 0 saturated carbocycles. The van der Waals surface area contributed by atoms with Crippen molar-refractivity contribution in [3.05, 3.63) is 71.3 Å². The molecule has 0 aliphatic carbocycles. The number of nitrogens with one attached hydrogen (secondary N) is 1. The molecule has 0 radical (unpaired) electrons. The molecule has 1 atom stereocenters. The third kappa shape index (κ3) is 5.65. The van der Waals surface area contributed by atoms with E-state index >= 15 is 0 Å². The average Bonchev–Trinajstić information content (AvgIpc) is 2.67. The maximum absolute atomic E-state index is 12.4. The Kier molecular flexibility index (Phi) is 6.30. The molecule has 2 aromatic rings. The van der Waals surface area contributed by atoms with Gasteiger partial charge < -0.3 is 10.1 Å². The second-order valence-electron chi connectivity index (χ2n) is 8.25. The lowest BCUT2D eigenvalue weighted by atomic mass is 9.87. The topological polar surface area (TPSA) is 41.6 Å². The summed E-state index contributed by atoms with van der Waals surface area (Å²) in [6.07, 6.45) is 0.0280. The molecule has 1 amide bonds. The monoisotopic (exact) mass is 366 g/mol. The zero-order chi connectivity index (χ0) is 19.3. The number of hydrogen-bond acceptors (Lipinski definition) is 3. The number of rotatable bonds is 5. The summed E-state index contributed by atoms with van der Waals surface area (Å²) in [6, 6.07) is 18.3. The fraction of sp³-hybridized carbons (Fsp3) is 0.435. The van der Waals surface area contributed by atoms with Crippen LogP contribution in [0, 0.1) is 0 Å². The second-order valence-corrected chi connectivity index (χ2v) is 8.25. The summed E-state index contributed by atoms with van der Waals surface area (Å²) in [4.78, 5) is 14.8. The van der Waals surface area contributed by atoms with Gasteiger partial charge in [0.05, 0.1) is 12.7 Å². The van der Waals surface area contributed by atoms with E-state index in [2.05, 4.69) is 55.3 Å². The van der Waals surface area contributed by atoms with E-state index in [9.17, 15) is 4.79 Å². The van der Waals surface area contributed by atoms with Crippen LogP contribution >= 0.6 is 0 Å². The summed E-state index contributed by atoms with van der Waals surface area (Å²) in [6.45, 7) is 10.4. The van der Waals surface area contributed by atoms with Crippen molar-refractivity contribution in [2.24, 2.45) is 0 Å². The highest BCUT2D eigenvalue weighted by atomic mass is 16.5. The van der Waals surface area contributed by atoms with E-state index in [0.717, 1.165) is 19.6 Å². The van der Waals surface area contributed by atoms with Gasteiger partial charge in [-0.25, -0.2) is 0 Å². The number of carbonyl (C=O) groups excluding carboxylic acids is 1. The fourth-order valence-corrected chi connectivity index (χ4v) is 3.32. The number of amides is 1. The Bertz CT molecular complexity index is 735. The molecule has 1 aliphatic heterocycles. The van der Waals surface area contributed by atoms with Crippen LogP contribution in [0.4, 0.5) is 0 Å². The average molecular weight is 367 g/mol. The van der Waals surface area contributed by atoms with Crippen LogP contribution in [-0.2, 0) is 16.7 Å². The summed E-state index contributed by atoms with van der Waals surface area (Å²) in [5.74, 6) is -0.0424. The third-order valence-corrected chi connectivity index (χ3v) is 4.98. The first-order valence-corrected chi connectivity index (χ1v) is 9.68. The van der Waals surface area contributed by atoms with Crippen LogP contribution in [-0.4, -0.2) is 43.2 Å². The van der Waals surface area contributed by atoms with Gasteiger partial charge in [-0.1, -0.05) is 63.2 Å². The molecule has 1 aliphatic rings. The second kappa shape index (κ2) is 8.68. The number of morpholine rings is 1. The minimum Gasteiger partial charge on any atom is -0.374 e. The van der Waals surface area contributed by atoms with E-state index in [-0.39, 0.29) is 17.4 Å². The molecule has 1 unspecified atom stereocenters. The van der Waals surface area contributed by atoms with Crippen LogP contribution < -0.4 is 5.32 Å². The Balaban J connectivity index is 1.49. The first kappa shape index (κ1) is 19.6. The van der Waals surface area contributed by atoms with E-state index < -0.39 is 0 Å². The molecule has 1 heterocycles. The minimum atomic E-state index is -0.0424. The molecule has 3 rings (SSSR count). The van der Waals surface area contributed by atoms with Crippen molar-refractivity contribution >= 4 is 5.91 Å². The Morgan fingerprint density at radius 2 is 1.81 bits per heavy atom. The molecular weight excluding hydrogens is 336 g/mol. The molecule has 1 fully saturated rings. The number of ether oxygens (including phenoxy) is 1. The quantitative estimate of drug-likeness (QED) is 0.879. The molecule has 2 aromatic carbocycles. The van der Waals surface area contributed by atoms with E-state index in [4.69, 9.17) is 4.74 Å². The zero-order valence-electron chi connectivity index (χ0n) is 16.6. The molecule has 1 saturated heterocycles. The van der Waals surface area contributed by atoms with Crippen molar-refractivity contribution in [2.45, 2.75) is 38.8 Å². The van der Waals surface area contributed by atoms with Crippen LogP contribution in [0.25, 0.3) is 0 Å². The van der Waals surface area contributed by atoms with E-state index in [1.165, 1.54) is 11.1 Å². The van der Waals surface area contributed by atoms with E-state index in [1.54, 1.807) is 0 Å². The highest BCUT2D eigenvalue weighted by Crippen LogP contribution is 2.22. The van der Waals surface area contributed by atoms with Gasteiger partial charge in [0.2, 0.25) is 0 Å². The molecule has 4 heteroatoms. The van der Waals surface area contributed by atoms with Crippen molar-refractivity contribution in [3.63, 3.8) is 0 Å². The van der Waals surface area contributed by atoms with Gasteiger partial charge in [-0.05, 0) is 28.7 Å². The van der Waals surface area contributed by atoms with Crippen LogP contribution in [0.3, 0.4) is 0 Å². The van der Waals surface area contributed by atoms with Gasteiger partial charge in [-0.3, -0.25) is 9.69 Å². The lowest BCUT2D eigenvalue weighted by molar-refractivity contribution is -0.0292. The molecule has 0 aromatic heterocycles. The van der Waals surface area contributed by atoms with Gasteiger partial charge in [0, 0.05) is 31.7 Å². The fourth-order valence-electron chi connectivity index (χ4n) is 3.32. The minimum absolute atomic E-state index is 0.0280. The van der Waals surface area contributed by atoms with Gasteiger partial charge >= 0.3 is 0 Å². The summed E-state index contributed by atoms with van der Waals surface area (Å²) in [5.41, 5.74) is 3.32. The Morgan fingerprint density at radius 1 is 1.11 bits per heavy atom. The Labute approximate surface area is 162 Å². The van der Waals surface area contributed by atoms with Gasteiger partial charge in [0.25, 0.3) is 5.91 Å². The molecule has 27 heavy (non-hydrogen) atoms. The SMILES string of the molecule is CC(C)(C)c1ccc(C(=O)NCC2CN(Cc3ccccc3)CCO2)cc1. The van der Waals surface area contributed by atoms with Crippen molar-refractivity contribution in [2.75, 3.05) is 26.2 Å². The van der Waals surface area contributed by atoms with Crippen LogP contribution in [0.1, 0.15) is 42.3 Å². The number of hydrogen-bond donors (Lipinski definition) is 1. The van der Waals surface area contributed by atoms with Crippen molar-refractivity contribution in [1.29, 1.82) is 0 Å². The number of nitrogens with zero attached hydrogens (tertiary/aromatic N) is 1. The summed E-state index contributed by atoms with van der Waals surface area (Å²) in [7, 11) is 0. The van der Waals surface area contributed by atoms with Gasteiger partial charge in [0.15, 0.2) is 0 Å². The highest BCUT2D eigenvalue weighted by molar-refractivity contribution is 5.94. The number of carbonyl (C=O) groups is 1. The van der Waals surface area contributed by atoms with Gasteiger partial charge in [-0.2, -0.15) is 0 Å². The van der Waals surface area contributed by atoms with E-state index in [1.807, 2.05) is 30.3 Å². The third-order valence-electron chi connectivity index (χ3n) is 4.98. The lowest BCUT2D eigenvalue weighted by Gasteiger charge is -2.33. The summed E-state index contributed by atoms with van der Waals surface area (Å²) in [5, 5.41) is 3.02. The molecule has 4 nitrogen and oxygen atoms in total. The van der Waals surface area contributed by atoms with Gasteiger partial charge in [-0.15, -0.1) is 0 Å². The highest BCUT2D eigenvalue weighted by Gasteiger charge is 2.21. The summed E-state index contributed by atoms with van der Waals surface area (Å²) < 4.78 is 5.84. The zero-order valence-corrected chi connectivity index (χ0v) is 16.6. The van der Waals surface area contributed by atoms with E-state index in [0.29, 0.717) is 18.7 Å². The molecule has 0 spiro atoms. The van der Waals surface area contributed by atoms with Crippen molar-refractivity contribution in [3.8, 4) is 0 Å². The molecular formula is C23H30N2O2. The van der Waals surface area contributed by atoms with Crippen molar-refractivity contribution in [1.82, 2.24) is 10.2 Å². The maximum atomic E-state index is 12.4. The number of benzene rings is 2. The first-order valence-electron chi connectivity index (χ1n) is 9.68. The summed E-state index contributed by atoms with van der Waals surface area (Å²) >= 11 is 0. The predicted molar refractivity (Wildman–Crippen MR) is 109 cm³/mol. The normalized spacial score (nSPS) is 18.3. The molecule has 1 N–H and O–H groups in total. The lowest BCUT2D eigenvalue weighted by Crippen LogP contribution is -2.47. The van der Waals surface area contributed by atoms with Crippen molar-refractivity contribution < 1.29 is 9.53 Å². The standard InChI is InChI=1S/C23H30N2O2/c1-23(2,3)20-11-9-19(10-12-20)22(26)24-15-21-17-25(13-14-27-21)16-18-7-5-4-6-8-18/h4-12,21H,13-17H2,1-3H3,(H,24,26). The van der Waals surface area contributed by atoms with Gasteiger partial charge in [0.1, 0.15) is 0 Å². The maximum Gasteiger partial charge on any atom is 0.251 e. The smallest absolute Gasteiger partial charge is 0.251 e. The first-order chi connectivity index (χ1) is 12.9.